The van der Waals surface area contributed by atoms with Crippen molar-refractivity contribution in [3.05, 3.63) is 88.8 Å². The van der Waals surface area contributed by atoms with Crippen molar-refractivity contribution in [3.63, 3.8) is 0 Å². The van der Waals surface area contributed by atoms with Gasteiger partial charge in [-0.3, -0.25) is 10.1 Å². The molecular weight excluding hydrogens is 430 g/mol. The van der Waals surface area contributed by atoms with Crippen LogP contribution in [0.5, 0.6) is 5.75 Å². The molecule has 0 saturated carbocycles. The van der Waals surface area contributed by atoms with Crippen LogP contribution in [0, 0.1) is 0 Å². The van der Waals surface area contributed by atoms with E-state index in [-0.39, 0.29) is 23.8 Å². The molecule has 2 aromatic heterocycles. The Morgan fingerprint density at radius 1 is 1.19 bits per heavy atom. The van der Waals surface area contributed by atoms with E-state index in [1.165, 1.54) is 6.26 Å². The monoisotopic (exact) mass is 449 g/mol. The van der Waals surface area contributed by atoms with E-state index >= 15 is 0 Å². The Labute approximate surface area is 189 Å². The van der Waals surface area contributed by atoms with E-state index in [1.54, 1.807) is 23.9 Å². The third kappa shape index (κ3) is 3.80. The Morgan fingerprint density at radius 3 is 2.72 bits per heavy atom. The fraction of sp³-hybridized carbons (Fsp3) is 0.174. The first kappa shape index (κ1) is 20.1. The van der Waals surface area contributed by atoms with Crippen molar-refractivity contribution < 1.29 is 13.9 Å². The van der Waals surface area contributed by atoms with E-state index in [2.05, 4.69) is 20.7 Å². The summed E-state index contributed by atoms with van der Waals surface area (Å²) in [5.41, 5.74) is 2.02. The van der Waals surface area contributed by atoms with Gasteiger partial charge in [0.25, 0.3) is 11.9 Å². The van der Waals surface area contributed by atoms with Crippen LogP contribution in [0.1, 0.15) is 40.2 Å². The van der Waals surface area contributed by atoms with Crippen LogP contribution in [0.3, 0.4) is 0 Å². The summed E-state index contributed by atoms with van der Waals surface area (Å²) in [7, 11) is 1.64. The summed E-state index contributed by atoms with van der Waals surface area (Å²) < 4.78 is 12.2. The molecule has 0 fully saturated rings. The number of amides is 1. The van der Waals surface area contributed by atoms with Crippen LogP contribution in [0.2, 0.25) is 5.02 Å². The van der Waals surface area contributed by atoms with Crippen molar-refractivity contribution in [3.8, 4) is 5.75 Å². The minimum Gasteiger partial charge on any atom is -0.497 e. The number of benzene rings is 2. The highest BCUT2D eigenvalue weighted by atomic mass is 35.5. The van der Waals surface area contributed by atoms with E-state index in [0.29, 0.717) is 17.4 Å². The molecule has 162 valence electrons. The molecule has 0 spiro atoms. The molecule has 0 radical (unpaired) electrons. The van der Waals surface area contributed by atoms with Crippen molar-refractivity contribution in [2.75, 3.05) is 17.7 Å². The molecule has 8 nitrogen and oxygen atoms in total. The molecule has 2 N–H and O–H groups in total. The number of nitrogens with zero attached hydrogens (tertiary/aromatic N) is 3. The normalized spacial score (nSPS) is 17.3. The van der Waals surface area contributed by atoms with Crippen molar-refractivity contribution >= 4 is 29.4 Å². The van der Waals surface area contributed by atoms with Crippen LogP contribution in [0.15, 0.2) is 71.3 Å². The Morgan fingerprint density at radius 2 is 2.00 bits per heavy atom. The lowest BCUT2D eigenvalue weighted by atomic mass is 9.93. The number of aromatic nitrogens is 3. The SMILES string of the molecule is COc1ccc(C2CC(c3ccccc3Cl)n3nc(NC(=O)c4ccco4)nc3N2)cc1. The predicted molar refractivity (Wildman–Crippen MR) is 120 cm³/mol. The lowest BCUT2D eigenvalue weighted by molar-refractivity contribution is 0.0995. The number of carbonyl (C=O) groups excluding carboxylic acids is 1. The second-order valence-corrected chi connectivity index (χ2v) is 7.79. The van der Waals surface area contributed by atoms with Crippen LogP contribution < -0.4 is 15.4 Å². The molecule has 3 heterocycles. The third-order valence-electron chi connectivity index (χ3n) is 5.44. The number of halogens is 1. The first-order valence-corrected chi connectivity index (χ1v) is 10.5. The predicted octanol–water partition coefficient (Wildman–Crippen LogP) is 4.93. The number of ether oxygens (including phenoxy) is 1. The maximum absolute atomic E-state index is 12.4. The van der Waals surface area contributed by atoms with Gasteiger partial charge in [0.2, 0.25) is 5.95 Å². The van der Waals surface area contributed by atoms with Gasteiger partial charge < -0.3 is 14.5 Å². The van der Waals surface area contributed by atoms with E-state index in [9.17, 15) is 4.79 Å². The summed E-state index contributed by atoms with van der Waals surface area (Å²) in [6.07, 6.45) is 2.13. The van der Waals surface area contributed by atoms with Crippen LogP contribution in [0.25, 0.3) is 0 Å². The molecule has 2 aromatic carbocycles. The number of anilines is 2. The summed E-state index contributed by atoms with van der Waals surface area (Å²) in [6.45, 7) is 0. The first-order chi connectivity index (χ1) is 15.6. The average Bonchev–Trinajstić information content (AvgIpc) is 3.49. The van der Waals surface area contributed by atoms with Gasteiger partial charge in [-0.2, -0.15) is 4.98 Å². The highest BCUT2D eigenvalue weighted by molar-refractivity contribution is 6.31. The molecule has 0 aliphatic carbocycles. The molecule has 0 bridgehead atoms. The fourth-order valence-corrected chi connectivity index (χ4v) is 4.12. The number of furan rings is 1. The van der Waals surface area contributed by atoms with E-state index in [4.69, 9.17) is 20.8 Å². The molecule has 9 heteroatoms. The zero-order valence-corrected chi connectivity index (χ0v) is 17.9. The summed E-state index contributed by atoms with van der Waals surface area (Å²) in [5.74, 6) is 1.28. The van der Waals surface area contributed by atoms with Gasteiger partial charge in [-0.05, 0) is 47.9 Å². The highest BCUT2D eigenvalue weighted by Gasteiger charge is 2.32. The smallest absolute Gasteiger partial charge is 0.293 e. The zero-order valence-electron chi connectivity index (χ0n) is 17.2. The first-order valence-electron chi connectivity index (χ1n) is 10.1. The van der Waals surface area contributed by atoms with Gasteiger partial charge in [0.1, 0.15) is 5.75 Å². The highest BCUT2D eigenvalue weighted by Crippen LogP contribution is 2.40. The number of nitrogens with one attached hydrogen (secondary N) is 2. The second-order valence-electron chi connectivity index (χ2n) is 7.38. The number of fused-ring (bicyclic) bond motifs is 1. The molecule has 1 aliphatic heterocycles. The molecule has 32 heavy (non-hydrogen) atoms. The third-order valence-corrected chi connectivity index (χ3v) is 5.79. The van der Waals surface area contributed by atoms with Crippen molar-refractivity contribution in [1.82, 2.24) is 14.8 Å². The topological polar surface area (TPSA) is 94.2 Å². The van der Waals surface area contributed by atoms with Gasteiger partial charge in [-0.25, -0.2) is 4.68 Å². The molecule has 1 aliphatic rings. The number of carbonyl (C=O) groups is 1. The minimum absolute atomic E-state index is 0.0347. The second kappa shape index (κ2) is 8.39. The number of rotatable bonds is 5. The largest absolute Gasteiger partial charge is 0.497 e. The Balaban J connectivity index is 1.50. The van der Waals surface area contributed by atoms with Gasteiger partial charge >= 0.3 is 0 Å². The fourth-order valence-electron chi connectivity index (χ4n) is 3.86. The maximum atomic E-state index is 12.4. The molecule has 4 aromatic rings. The Hall–Kier alpha value is -3.78. The summed E-state index contributed by atoms with van der Waals surface area (Å²) >= 11 is 6.54. The van der Waals surface area contributed by atoms with Gasteiger partial charge in [-0.1, -0.05) is 41.9 Å². The average molecular weight is 450 g/mol. The van der Waals surface area contributed by atoms with E-state index < -0.39 is 5.91 Å². The minimum atomic E-state index is -0.418. The summed E-state index contributed by atoms with van der Waals surface area (Å²) in [5, 5.41) is 11.3. The van der Waals surface area contributed by atoms with E-state index in [1.807, 2.05) is 48.5 Å². The molecule has 1 amide bonds. The summed E-state index contributed by atoms with van der Waals surface area (Å²) in [6, 6.07) is 18.6. The Bertz CT molecular complexity index is 1240. The van der Waals surface area contributed by atoms with Crippen LogP contribution in [-0.4, -0.2) is 27.8 Å². The van der Waals surface area contributed by atoms with Gasteiger partial charge in [-0.15, -0.1) is 5.10 Å². The lowest BCUT2D eigenvalue weighted by Crippen LogP contribution is -2.28. The summed E-state index contributed by atoms with van der Waals surface area (Å²) in [4.78, 5) is 16.9. The van der Waals surface area contributed by atoms with E-state index in [0.717, 1.165) is 16.9 Å². The van der Waals surface area contributed by atoms with Gasteiger partial charge in [0.15, 0.2) is 5.76 Å². The van der Waals surface area contributed by atoms with Crippen LogP contribution in [0.4, 0.5) is 11.9 Å². The lowest BCUT2D eigenvalue weighted by Gasteiger charge is -2.32. The molecule has 0 saturated heterocycles. The molecule has 2 atom stereocenters. The van der Waals surface area contributed by atoms with Crippen LogP contribution in [-0.2, 0) is 0 Å². The zero-order chi connectivity index (χ0) is 22.1. The van der Waals surface area contributed by atoms with Gasteiger partial charge in [0, 0.05) is 5.02 Å². The van der Waals surface area contributed by atoms with Gasteiger partial charge in [0.05, 0.1) is 25.5 Å². The number of hydrogen-bond acceptors (Lipinski definition) is 6. The van der Waals surface area contributed by atoms with Crippen LogP contribution >= 0.6 is 11.6 Å². The Kier molecular flexibility index (Phi) is 5.28. The van der Waals surface area contributed by atoms with Crippen molar-refractivity contribution in [1.29, 1.82) is 0 Å². The molecule has 2 unspecified atom stereocenters. The number of methoxy groups -OCH3 is 1. The van der Waals surface area contributed by atoms with Crippen molar-refractivity contribution in [2.45, 2.75) is 18.5 Å². The maximum Gasteiger partial charge on any atom is 0.293 e. The number of hydrogen-bond donors (Lipinski definition) is 2. The molecular formula is C23H20ClN5O3. The quantitative estimate of drug-likeness (QED) is 0.448. The van der Waals surface area contributed by atoms with Crippen molar-refractivity contribution in [2.24, 2.45) is 0 Å². The molecule has 5 rings (SSSR count). The standard InChI is InChI=1S/C23H20ClN5O3/c1-31-15-10-8-14(9-11-15)18-13-19(16-5-2-3-6-17(16)24)29-23(25-18)27-22(28-29)26-21(30)20-7-4-12-32-20/h2-12,18-19H,13H2,1H3,(H2,25,26,27,28,30).